The summed E-state index contributed by atoms with van der Waals surface area (Å²) in [5.74, 6) is 0. The van der Waals surface area contributed by atoms with Gasteiger partial charge in [0.2, 0.25) is 0 Å². The smallest absolute Gasteiger partial charge is 0.0615 e. The summed E-state index contributed by atoms with van der Waals surface area (Å²) in [5.41, 5.74) is 1.13. The summed E-state index contributed by atoms with van der Waals surface area (Å²) in [4.78, 5) is 6.49. The van der Waals surface area contributed by atoms with Crippen molar-refractivity contribution in [3.63, 3.8) is 0 Å². The summed E-state index contributed by atoms with van der Waals surface area (Å²) in [7, 11) is 0. The van der Waals surface area contributed by atoms with Crippen molar-refractivity contribution in [1.82, 2.24) is 10.3 Å². The first-order valence-electron chi connectivity index (χ1n) is 7.93. The van der Waals surface area contributed by atoms with Crippen LogP contribution in [0.25, 0.3) is 0 Å². The molecule has 2 saturated heterocycles. The van der Waals surface area contributed by atoms with E-state index in [1.807, 2.05) is 12.4 Å². The molecular weight excluding hydrogens is 266 g/mol. The predicted molar refractivity (Wildman–Crippen MR) is 82.5 cm³/mol. The van der Waals surface area contributed by atoms with Gasteiger partial charge in [-0.2, -0.15) is 0 Å². The molecule has 0 aliphatic carbocycles. The number of nitrogens with one attached hydrogen (secondary N) is 1. The van der Waals surface area contributed by atoms with Crippen LogP contribution in [0.15, 0.2) is 24.5 Å². The Morgan fingerprint density at radius 1 is 1.24 bits per heavy atom. The largest absolute Gasteiger partial charge is 0.394 e. The molecule has 0 aromatic carbocycles. The number of aromatic nitrogens is 1. The summed E-state index contributed by atoms with van der Waals surface area (Å²) in [6.45, 7) is 3.83. The monoisotopic (exact) mass is 291 g/mol. The zero-order valence-electron chi connectivity index (χ0n) is 12.5. The van der Waals surface area contributed by atoms with E-state index in [1.54, 1.807) is 0 Å². The molecule has 0 atom stereocenters. The van der Waals surface area contributed by atoms with E-state index >= 15 is 0 Å². The molecule has 21 heavy (non-hydrogen) atoms. The fourth-order valence-electron chi connectivity index (χ4n) is 3.38. The maximum absolute atomic E-state index is 9.77. The fourth-order valence-corrected chi connectivity index (χ4v) is 3.38. The van der Waals surface area contributed by atoms with Crippen molar-refractivity contribution in [1.29, 1.82) is 0 Å². The summed E-state index contributed by atoms with van der Waals surface area (Å²) >= 11 is 0. The maximum Gasteiger partial charge on any atom is 0.0615 e. The Morgan fingerprint density at radius 2 is 1.90 bits per heavy atom. The van der Waals surface area contributed by atoms with Gasteiger partial charge in [-0.05, 0) is 37.8 Å². The fraction of sp³-hybridized carbons (Fsp3) is 0.688. The van der Waals surface area contributed by atoms with Gasteiger partial charge in [0, 0.05) is 56.0 Å². The molecule has 0 saturated carbocycles. The lowest BCUT2D eigenvalue weighted by molar-refractivity contribution is 0.00518. The van der Waals surface area contributed by atoms with Crippen molar-refractivity contribution in [2.45, 2.75) is 37.3 Å². The van der Waals surface area contributed by atoms with Crippen LogP contribution in [0.1, 0.15) is 25.7 Å². The Bertz CT molecular complexity index is 426. The molecule has 2 N–H and O–H groups in total. The van der Waals surface area contributed by atoms with E-state index in [1.165, 1.54) is 5.69 Å². The summed E-state index contributed by atoms with van der Waals surface area (Å²) in [6, 6.07) is 4.64. The number of aliphatic hydroxyl groups excluding tert-OH is 1. The number of aliphatic hydroxyl groups is 1. The van der Waals surface area contributed by atoms with Crippen molar-refractivity contribution in [3.05, 3.63) is 24.5 Å². The molecule has 0 spiro atoms. The highest BCUT2D eigenvalue weighted by molar-refractivity contribution is 5.44. The number of anilines is 1. The molecule has 0 unspecified atom stereocenters. The predicted octanol–water partition coefficient (Wildman–Crippen LogP) is 1.18. The molecule has 0 bridgehead atoms. The Kier molecular flexibility index (Phi) is 4.73. The summed E-state index contributed by atoms with van der Waals surface area (Å²) in [6.07, 6.45) is 7.75. The second-order valence-electron chi connectivity index (χ2n) is 6.16. The third-order valence-electron chi connectivity index (χ3n) is 4.79. The first-order valence-corrected chi connectivity index (χ1v) is 7.93. The molecule has 116 valence electrons. The molecular formula is C16H25N3O2. The van der Waals surface area contributed by atoms with E-state index in [0.29, 0.717) is 6.04 Å². The normalized spacial score (nSPS) is 23.2. The summed E-state index contributed by atoms with van der Waals surface area (Å²) in [5, 5.41) is 13.5. The number of hydrogen-bond donors (Lipinski definition) is 2. The second-order valence-corrected chi connectivity index (χ2v) is 6.16. The lowest BCUT2D eigenvalue weighted by Gasteiger charge is -2.42. The van der Waals surface area contributed by atoms with Crippen LogP contribution in [0.3, 0.4) is 0 Å². The van der Waals surface area contributed by atoms with Crippen molar-refractivity contribution in [3.8, 4) is 0 Å². The van der Waals surface area contributed by atoms with E-state index < -0.39 is 0 Å². The molecule has 5 nitrogen and oxygen atoms in total. The van der Waals surface area contributed by atoms with Crippen LogP contribution in [0.4, 0.5) is 5.69 Å². The molecule has 3 heterocycles. The van der Waals surface area contributed by atoms with Gasteiger partial charge < -0.3 is 20.1 Å². The average molecular weight is 291 g/mol. The number of rotatable bonds is 4. The molecule has 1 aromatic rings. The molecule has 1 aromatic heterocycles. The van der Waals surface area contributed by atoms with Crippen LogP contribution in [-0.2, 0) is 4.74 Å². The molecule has 2 fully saturated rings. The highest BCUT2D eigenvalue weighted by Gasteiger charge is 2.34. The van der Waals surface area contributed by atoms with Gasteiger partial charge in [-0.3, -0.25) is 4.98 Å². The van der Waals surface area contributed by atoms with Crippen LogP contribution >= 0.6 is 0 Å². The van der Waals surface area contributed by atoms with Gasteiger partial charge in [-0.1, -0.05) is 0 Å². The lowest BCUT2D eigenvalue weighted by atomic mass is 9.88. The van der Waals surface area contributed by atoms with Crippen LogP contribution < -0.4 is 10.2 Å². The second kappa shape index (κ2) is 6.73. The highest BCUT2D eigenvalue weighted by atomic mass is 16.5. The van der Waals surface area contributed by atoms with Crippen molar-refractivity contribution < 1.29 is 9.84 Å². The third-order valence-corrected chi connectivity index (χ3v) is 4.79. The molecule has 3 rings (SSSR count). The van der Waals surface area contributed by atoms with Crippen molar-refractivity contribution >= 4 is 5.69 Å². The molecule has 5 heteroatoms. The molecule has 2 aliphatic heterocycles. The van der Waals surface area contributed by atoms with E-state index in [0.717, 1.165) is 52.0 Å². The van der Waals surface area contributed by atoms with E-state index in [-0.39, 0.29) is 12.1 Å². The van der Waals surface area contributed by atoms with Gasteiger partial charge in [0.25, 0.3) is 0 Å². The number of ether oxygens (including phenoxy) is 1. The topological polar surface area (TPSA) is 57.6 Å². The Hall–Kier alpha value is -1.17. The zero-order chi connectivity index (χ0) is 14.5. The maximum atomic E-state index is 9.77. The van der Waals surface area contributed by atoms with Crippen molar-refractivity contribution in [2.24, 2.45) is 0 Å². The standard InChI is InChI=1S/C16H25N3O2/c20-13-16(5-11-21-12-6-16)18-14-3-9-19(10-4-14)15-1-7-17-8-2-15/h1-2,7-8,14,18,20H,3-6,9-13H2. The van der Waals surface area contributed by atoms with Crippen molar-refractivity contribution in [2.75, 3.05) is 37.8 Å². The minimum absolute atomic E-state index is 0.123. The van der Waals surface area contributed by atoms with Gasteiger partial charge in [0.1, 0.15) is 0 Å². The SMILES string of the molecule is OCC1(NC2CCN(c3ccncc3)CC2)CCOCC1. The van der Waals surface area contributed by atoms with Crippen LogP contribution in [0.5, 0.6) is 0 Å². The molecule has 2 aliphatic rings. The first-order chi connectivity index (χ1) is 10.3. The summed E-state index contributed by atoms with van der Waals surface area (Å²) < 4.78 is 5.43. The van der Waals surface area contributed by atoms with Gasteiger partial charge in [0.05, 0.1) is 6.61 Å². The van der Waals surface area contributed by atoms with E-state index in [2.05, 4.69) is 27.3 Å². The quantitative estimate of drug-likeness (QED) is 0.872. The van der Waals surface area contributed by atoms with Gasteiger partial charge >= 0.3 is 0 Å². The molecule has 0 amide bonds. The van der Waals surface area contributed by atoms with E-state index in [4.69, 9.17) is 4.74 Å². The van der Waals surface area contributed by atoms with Gasteiger partial charge in [-0.15, -0.1) is 0 Å². The zero-order valence-corrected chi connectivity index (χ0v) is 12.5. The Labute approximate surface area is 126 Å². The first kappa shape index (κ1) is 14.8. The van der Waals surface area contributed by atoms with Crippen LogP contribution in [0.2, 0.25) is 0 Å². The van der Waals surface area contributed by atoms with Gasteiger partial charge in [-0.25, -0.2) is 0 Å². The Balaban J connectivity index is 1.53. The lowest BCUT2D eigenvalue weighted by Crippen LogP contribution is -2.58. The molecule has 0 radical (unpaired) electrons. The minimum atomic E-state index is -0.123. The number of piperidine rings is 1. The average Bonchev–Trinajstić information content (AvgIpc) is 2.57. The van der Waals surface area contributed by atoms with Crippen LogP contribution in [-0.4, -0.2) is 54.6 Å². The van der Waals surface area contributed by atoms with Crippen LogP contribution in [0, 0.1) is 0 Å². The number of nitrogens with zero attached hydrogens (tertiary/aromatic N) is 2. The van der Waals surface area contributed by atoms with E-state index in [9.17, 15) is 5.11 Å². The van der Waals surface area contributed by atoms with Gasteiger partial charge in [0.15, 0.2) is 0 Å². The number of pyridine rings is 1. The Morgan fingerprint density at radius 3 is 2.52 bits per heavy atom. The number of hydrogen-bond acceptors (Lipinski definition) is 5. The highest BCUT2D eigenvalue weighted by Crippen LogP contribution is 2.25. The third kappa shape index (κ3) is 3.54. The minimum Gasteiger partial charge on any atom is -0.394 e.